The van der Waals surface area contributed by atoms with Gasteiger partial charge in [0.2, 0.25) is 5.56 Å². The van der Waals surface area contributed by atoms with Gasteiger partial charge in [0.1, 0.15) is 0 Å². The van der Waals surface area contributed by atoms with Crippen molar-refractivity contribution in [1.82, 2.24) is 10.3 Å². The number of rotatable bonds is 4. The molecule has 2 aromatic heterocycles. The molecule has 2 heterocycles. The van der Waals surface area contributed by atoms with Crippen LogP contribution in [0.25, 0.3) is 10.9 Å². The molecule has 3 nitrogen and oxygen atoms in total. The number of thiophene rings is 1. The fraction of sp³-hybridized carbons (Fsp3) is 0.133. The van der Waals surface area contributed by atoms with E-state index in [2.05, 4.69) is 21.7 Å². The molecule has 0 unspecified atom stereocenters. The van der Waals surface area contributed by atoms with Crippen molar-refractivity contribution in [3.63, 3.8) is 0 Å². The van der Waals surface area contributed by atoms with Crippen molar-refractivity contribution in [2.75, 3.05) is 0 Å². The molecule has 1 aromatic carbocycles. The van der Waals surface area contributed by atoms with E-state index < -0.39 is 0 Å². The Bertz CT molecular complexity index is 731. The largest absolute Gasteiger partial charge is 0.322 e. The normalized spacial score (nSPS) is 10.9. The Morgan fingerprint density at radius 1 is 1.11 bits per heavy atom. The third kappa shape index (κ3) is 2.75. The van der Waals surface area contributed by atoms with E-state index in [-0.39, 0.29) is 5.56 Å². The second kappa shape index (κ2) is 5.38. The molecule has 19 heavy (non-hydrogen) atoms. The molecule has 0 saturated carbocycles. The number of H-pyrrole nitrogens is 1. The molecule has 2 N–H and O–H groups in total. The first-order valence-corrected chi connectivity index (χ1v) is 7.05. The molecule has 3 rings (SSSR count). The monoisotopic (exact) mass is 270 g/mol. The number of nitrogens with one attached hydrogen (secondary N) is 2. The quantitative estimate of drug-likeness (QED) is 0.765. The van der Waals surface area contributed by atoms with Gasteiger partial charge in [0.15, 0.2) is 0 Å². The Hall–Kier alpha value is -1.91. The van der Waals surface area contributed by atoms with Crippen LogP contribution in [0.3, 0.4) is 0 Å². The van der Waals surface area contributed by atoms with Crippen LogP contribution in [0.1, 0.15) is 10.4 Å². The topological polar surface area (TPSA) is 44.9 Å². The van der Waals surface area contributed by atoms with E-state index in [1.807, 2.05) is 30.3 Å². The smallest absolute Gasteiger partial charge is 0.248 e. The molecular weight excluding hydrogens is 256 g/mol. The first-order chi connectivity index (χ1) is 9.33. The Balaban J connectivity index is 1.82. The van der Waals surface area contributed by atoms with E-state index in [4.69, 9.17) is 0 Å². The lowest BCUT2D eigenvalue weighted by Crippen LogP contribution is -2.15. The average molecular weight is 270 g/mol. The highest BCUT2D eigenvalue weighted by molar-refractivity contribution is 7.09. The van der Waals surface area contributed by atoms with Crippen molar-refractivity contribution in [2.24, 2.45) is 0 Å². The number of aromatic amines is 1. The highest BCUT2D eigenvalue weighted by Crippen LogP contribution is 2.14. The SMILES string of the molecule is O=c1cc(CNCc2cccs2)c2ccccc2[nH]1. The van der Waals surface area contributed by atoms with Crippen LogP contribution >= 0.6 is 11.3 Å². The second-order valence-electron chi connectivity index (χ2n) is 4.39. The Labute approximate surface area is 114 Å². The van der Waals surface area contributed by atoms with Crippen molar-refractivity contribution in [3.05, 3.63) is 68.6 Å². The van der Waals surface area contributed by atoms with Gasteiger partial charge in [-0.25, -0.2) is 0 Å². The summed E-state index contributed by atoms with van der Waals surface area (Å²) in [4.78, 5) is 15.8. The van der Waals surface area contributed by atoms with Gasteiger partial charge in [0.25, 0.3) is 0 Å². The highest BCUT2D eigenvalue weighted by atomic mass is 32.1. The lowest BCUT2D eigenvalue weighted by atomic mass is 10.1. The number of para-hydroxylation sites is 1. The first-order valence-electron chi connectivity index (χ1n) is 6.17. The first kappa shape index (κ1) is 12.1. The number of benzene rings is 1. The molecule has 0 spiro atoms. The molecule has 0 atom stereocenters. The van der Waals surface area contributed by atoms with Crippen LogP contribution in [0.5, 0.6) is 0 Å². The zero-order chi connectivity index (χ0) is 13.1. The Morgan fingerprint density at radius 2 is 2.00 bits per heavy atom. The van der Waals surface area contributed by atoms with Gasteiger partial charge < -0.3 is 10.3 Å². The molecule has 0 amide bonds. The second-order valence-corrected chi connectivity index (χ2v) is 5.42. The number of pyridine rings is 1. The minimum absolute atomic E-state index is 0.0494. The minimum Gasteiger partial charge on any atom is -0.322 e. The molecule has 0 fully saturated rings. The van der Waals surface area contributed by atoms with E-state index in [9.17, 15) is 4.79 Å². The van der Waals surface area contributed by atoms with Crippen molar-refractivity contribution in [1.29, 1.82) is 0 Å². The molecule has 0 saturated heterocycles. The maximum absolute atomic E-state index is 11.6. The molecule has 0 radical (unpaired) electrons. The van der Waals surface area contributed by atoms with E-state index in [1.165, 1.54) is 4.88 Å². The Morgan fingerprint density at radius 3 is 2.84 bits per heavy atom. The zero-order valence-electron chi connectivity index (χ0n) is 10.3. The van der Waals surface area contributed by atoms with Gasteiger partial charge in [-0.2, -0.15) is 0 Å². The Kier molecular flexibility index (Phi) is 3.44. The van der Waals surface area contributed by atoms with Crippen LogP contribution in [0, 0.1) is 0 Å². The average Bonchev–Trinajstić information content (AvgIpc) is 2.91. The molecule has 0 aliphatic carbocycles. The number of hydrogen-bond acceptors (Lipinski definition) is 3. The van der Waals surface area contributed by atoms with Gasteiger partial charge in [-0.05, 0) is 23.1 Å². The number of hydrogen-bond donors (Lipinski definition) is 2. The maximum Gasteiger partial charge on any atom is 0.248 e. The minimum atomic E-state index is -0.0494. The summed E-state index contributed by atoms with van der Waals surface area (Å²) in [6.07, 6.45) is 0. The third-order valence-corrected chi connectivity index (χ3v) is 3.91. The van der Waals surface area contributed by atoms with Gasteiger partial charge in [0, 0.05) is 34.9 Å². The molecule has 0 aliphatic rings. The lowest BCUT2D eigenvalue weighted by molar-refractivity contribution is 0.703. The van der Waals surface area contributed by atoms with Gasteiger partial charge in [0.05, 0.1) is 0 Å². The van der Waals surface area contributed by atoms with Gasteiger partial charge in [-0.1, -0.05) is 24.3 Å². The van der Waals surface area contributed by atoms with Crippen molar-refractivity contribution in [2.45, 2.75) is 13.1 Å². The van der Waals surface area contributed by atoms with E-state index in [0.29, 0.717) is 6.54 Å². The van der Waals surface area contributed by atoms with Gasteiger partial charge >= 0.3 is 0 Å². The van der Waals surface area contributed by atoms with E-state index >= 15 is 0 Å². The van der Waals surface area contributed by atoms with Crippen LogP contribution in [0.2, 0.25) is 0 Å². The van der Waals surface area contributed by atoms with Crippen molar-refractivity contribution < 1.29 is 0 Å². The number of fused-ring (bicyclic) bond motifs is 1. The molecule has 3 aromatic rings. The summed E-state index contributed by atoms with van der Waals surface area (Å²) in [7, 11) is 0. The predicted molar refractivity (Wildman–Crippen MR) is 79.4 cm³/mol. The van der Waals surface area contributed by atoms with Crippen LogP contribution in [0.4, 0.5) is 0 Å². The number of aromatic nitrogens is 1. The lowest BCUT2D eigenvalue weighted by Gasteiger charge is -2.07. The standard InChI is InChI=1S/C15H14N2OS/c18-15-8-11(9-16-10-12-4-3-7-19-12)13-5-1-2-6-14(13)17-15/h1-8,16H,9-10H2,(H,17,18). The maximum atomic E-state index is 11.6. The fourth-order valence-electron chi connectivity index (χ4n) is 2.16. The van der Waals surface area contributed by atoms with Crippen LogP contribution in [0.15, 0.2) is 52.6 Å². The fourth-order valence-corrected chi connectivity index (χ4v) is 2.83. The highest BCUT2D eigenvalue weighted by Gasteiger charge is 2.02. The van der Waals surface area contributed by atoms with Gasteiger partial charge in [-0.3, -0.25) is 4.79 Å². The summed E-state index contributed by atoms with van der Waals surface area (Å²) in [6.45, 7) is 1.53. The molecule has 4 heteroatoms. The van der Waals surface area contributed by atoms with Crippen molar-refractivity contribution >= 4 is 22.2 Å². The van der Waals surface area contributed by atoms with Gasteiger partial charge in [-0.15, -0.1) is 11.3 Å². The van der Waals surface area contributed by atoms with Crippen LogP contribution < -0.4 is 10.9 Å². The summed E-state index contributed by atoms with van der Waals surface area (Å²) >= 11 is 1.73. The summed E-state index contributed by atoms with van der Waals surface area (Å²) in [5.74, 6) is 0. The summed E-state index contributed by atoms with van der Waals surface area (Å²) < 4.78 is 0. The third-order valence-electron chi connectivity index (χ3n) is 3.03. The summed E-state index contributed by atoms with van der Waals surface area (Å²) in [6, 6.07) is 13.7. The van der Waals surface area contributed by atoms with Crippen LogP contribution in [-0.4, -0.2) is 4.98 Å². The molecule has 0 bridgehead atoms. The van der Waals surface area contributed by atoms with Crippen molar-refractivity contribution in [3.8, 4) is 0 Å². The molecule has 96 valence electrons. The zero-order valence-corrected chi connectivity index (χ0v) is 11.2. The summed E-state index contributed by atoms with van der Waals surface area (Å²) in [5.41, 5.74) is 1.88. The molecular formula is C15H14N2OS. The summed E-state index contributed by atoms with van der Waals surface area (Å²) in [5, 5.41) is 6.55. The van der Waals surface area contributed by atoms with E-state index in [0.717, 1.165) is 23.0 Å². The predicted octanol–water partition coefficient (Wildman–Crippen LogP) is 2.88. The molecule has 0 aliphatic heterocycles. The van der Waals surface area contributed by atoms with Crippen LogP contribution in [-0.2, 0) is 13.1 Å². The van der Waals surface area contributed by atoms with E-state index in [1.54, 1.807) is 17.4 Å².